The second-order valence-electron chi connectivity index (χ2n) is 7.98. The van der Waals surface area contributed by atoms with Gasteiger partial charge >= 0.3 is 0 Å². The number of nitrogen functional groups attached to an aromatic ring is 1. The SMILES string of the molecule is COc1cc(-c2c(C#N)c(N)[nH+]c(S[C@@H]3CC(=O)N(c4ccc(F)cc4)C3=O)c2C#N)cc(OC)c1OC. The van der Waals surface area contributed by atoms with Crippen molar-refractivity contribution in [1.82, 2.24) is 0 Å². The van der Waals surface area contributed by atoms with E-state index in [1.807, 2.05) is 6.07 Å². The van der Waals surface area contributed by atoms with Gasteiger partial charge in [-0.05, 0) is 42.0 Å². The van der Waals surface area contributed by atoms with Crippen molar-refractivity contribution in [2.75, 3.05) is 32.0 Å². The number of pyridine rings is 1. The summed E-state index contributed by atoms with van der Waals surface area (Å²) in [6, 6.07) is 12.3. The van der Waals surface area contributed by atoms with Crippen LogP contribution in [0.4, 0.5) is 15.9 Å². The Balaban J connectivity index is 1.82. The summed E-state index contributed by atoms with van der Waals surface area (Å²) in [6.45, 7) is 0. The molecule has 0 spiro atoms. The first-order valence-electron chi connectivity index (χ1n) is 11.1. The number of nitrogens with two attached hydrogens (primary N) is 1. The molecule has 2 amide bonds. The summed E-state index contributed by atoms with van der Waals surface area (Å²) in [5.41, 5.74) is 7.04. The van der Waals surface area contributed by atoms with Crippen LogP contribution in [0.5, 0.6) is 17.2 Å². The Morgan fingerprint density at radius 3 is 2.16 bits per heavy atom. The second-order valence-corrected chi connectivity index (χ2v) is 9.20. The van der Waals surface area contributed by atoms with Crippen molar-refractivity contribution < 1.29 is 33.2 Å². The Morgan fingerprint density at radius 1 is 1.03 bits per heavy atom. The van der Waals surface area contributed by atoms with Gasteiger partial charge in [-0.2, -0.15) is 10.5 Å². The molecule has 1 aliphatic rings. The molecule has 1 fully saturated rings. The van der Waals surface area contributed by atoms with Crippen LogP contribution in [0.25, 0.3) is 11.1 Å². The minimum absolute atomic E-state index is 0.00179. The molecule has 0 aliphatic carbocycles. The molecule has 0 saturated carbocycles. The van der Waals surface area contributed by atoms with Crippen molar-refractivity contribution in [3.05, 3.63) is 53.3 Å². The van der Waals surface area contributed by atoms with E-state index in [1.54, 1.807) is 12.1 Å². The van der Waals surface area contributed by atoms with Crippen LogP contribution in [-0.2, 0) is 9.59 Å². The monoisotopic (exact) mass is 534 g/mol. The maximum atomic E-state index is 13.3. The number of hydrogen-bond acceptors (Lipinski definition) is 9. The molecule has 1 aliphatic heterocycles. The van der Waals surface area contributed by atoms with Gasteiger partial charge in [-0.3, -0.25) is 15.3 Å². The molecule has 2 heterocycles. The Kier molecular flexibility index (Phi) is 7.37. The van der Waals surface area contributed by atoms with Gasteiger partial charge in [-0.25, -0.2) is 14.3 Å². The summed E-state index contributed by atoms with van der Waals surface area (Å²) >= 11 is 0.945. The number of imide groups is 1. The molecule has 38 heavy (non-hydrogen) atoms. The van der Waals surface area contributed by atoms with E-state index >= 15 is 0 Å². The zero-order valence-corrected chi connectivity index (χ0v) is 21.3. The molecule has 2 aromatic carbocycles. The highest BCUT2D eigenvalue weighted by molar-refractivity contribution is 8.00. The number of amides is 2. The number of methoxy groups -OCH3 is 3. The minimum atomic E-state index is -0.893. The number of ether oxygens (including phenoxy) is 3. The number of carbonyl (C=O) groups is 2. The number of carbonyl (C=O) groups excluding carboxylic acids is 2. The van der Waals surface area contributed by atoms with Gasteiger partial charge in [-0.1, -0.05) is 11.8 Å². The molecule has 192 valence electrons. The molecule has 1 aromatic heterocycles. The number of aromatic nitrogens is 1. The van der Waals surface area contributed by atoms with Crippen molar-refractivity contribution in [2.45, 2.75) is 16.7 Å². The average molecular weight is 535 g/mol. The van der Waals surface area contributed by atoms with Gasteiger partial charge in [0, 0.05) is 12.0 Å². The summed E-state index contributed by atoms with van der Waals surface area (Å²) in [4.78, 5) is 29.7. The fraction of sp³-hybridized carbons (Fsp3) is 0.192. The zero-order valence-electron chi connectivity index (χ0n) is 20.5. The summed E-state index contributed by atoms with van der Waals surface area (Å²) < 4.78 is 29.5. The molecule has 3 N–H and O–H groups in total. The third-order valence-corrected chi connectivity index (χ3v) is 7.07. The van der Waals surface area contributed by atoms with Crippen LogP contribution in [-0.4, -0.2) is 38.4 Å². The Bertz CT molecular complexity index is 1510. The number of aromatic amines is 1. The van der Waals surface area contributed by atoms with Crippen LogP contribution in [0, 0.1) is 28.5 Å². The number of benzene rings is 2. The Labute approximate surface area is 221 Å². The molecule has 1 atom stereocenters. The van der Waals surface area contributed by atoms with Crippen molar-refractivity contribution in [3.63, 3.8) is 0 Å². The van der Waals surface area contributed by atoms with Gasteiger partial charge in [0.1, 0.15) is 34.3 Å². The summed E-state index contributed by atoms with van der Waals surface area (Å²) in [6.07, 6.45) is -0.154. The lowest BCUT2D eigenvalue weighted by Gasteiger charge is -2.17. The average Bonchev–Trinajstić information content (AvgIpc) is 3.19. The number of halogens is 1. The van der Waals surface area contributed by atoms with Crippen LogP contribution in [0.1, 0.15) is 17.5 Å². The molecular weight excluding hydrogens is 513 g/mol. The normalized spacial score (nSPS) is 14.7. The van der Waals surface area contributed by atoms with E-state index in [0.29, 0.717) is 22.8 Å². The molecule has 4 rings (SSSR count). The molecule has 3 aromatic rings. The van der Waals surface area contributed by atoms with Crippen LogP contribution in [0.3, 0.4) is 0 Å². The third-order valence-electron chi connectivity index (χ3n) is 5.87. The van der Waals surface area contributed by atoms with E-state index in [2.05, 4.69) is 11.1 Å². The molecule has 0 radical (unpaired) electrons. The largest absolute Gasteiger partial charge is 0.493 e. The highest BCUT2D eigenvalue weighted by Crippen LogP contribution is 2.44. The van der Waals surface area contributed by atoms with Gasteiger partial charge in [0.15, 0.2) is 16.5 Å². The summed E-state index contributed by atoms with van der Waals surface area (Å²) in [5.74, 6) is -0.630. The molecule has 1 saturated heterocycles. The summed E-state index contributed by atoms with van der Waals surface area (Å²) in [5, 5.41) is 19.3. The fourth-order valence-electron chi connectivity index (χ4n) is 4.15. The number of rotatable bonds is 7. The Hall–Kier alpha value is -4.81. The predicted molar refractivity (Wildman–Crippen MR) is 135 cm³/mol. The fourth-order valence-corrected chi connectivity index (χ4v) is 5.30. The molecule has 0 unspecified atom stereocenters. The van der Waals surface area contributed by atoms with Gasteiger partial charge in [0.25, 0.3) is 5.82 Å². The van der Waals surface area contributed by atoms with E-state index in [-0.39, 0.29) is 39.6 Å². The summed E-state index contributed by atoms with van der Waals surface area (Å²) in [7, 11) is 4.31. The smallest absolute Gasteiger partial charge is 0.289 e. The topological polar surface area (TPSA) is 153 Å². The number of nitrogens with zero attached hydrogens (tertiary/aromatic N) is 3. The van der Waals surface area contributed by atoms with E-state index in [0.717, 1.165) is 28.8 Å². The predicted octanol–water partition coefficient (Wildman–Crippen LogP) is 3.08. The van der Waals surface area contributed by atoms with Gasteiger partial charge < -0.3 is 14.2 Å². The number of nitrogens with one attached hydrogen (secondary N) is 1. The van der Waals surface area contributed by atoms with Crippen LogP contribution in [0.2, 0.25) is 0 Å². The van der Waals surface area contributed by atoms with Gasteiger partial charge in [0.05, 0.1) is 27.0 Å². The number of hydrogen-bond donors (Lipinski definition) is 1. The first kappa shape index (κ1) is 26.3. The van der Waals surface area contributed by atoms with Gasteiger partial charge in [0.2, 0.25) is 17.6 Å². The van der Waals surface area contributed by atoms with E-state index in [1.165, 1.54) is 33.5 Å². The van der Waals surface area contributed by atoms with Crippen molar-refractivity contribution >= 4 is 35.1 Å². The first-order valence-corrected chi connectivity index (χ1v) is 11.9. The zero-order chi connectivity index (χ0) is 27.6. The maximum absolute atomic E-state index is 13.3. The first-order chi connectivity index (χ1) is 18.3. The lowest BCUT2D eigenvalue weighted by atomic mass is 9.96. The van der Waals surface area contributed by atoms with E-state index in [9.17, 15) is 24.5 Å². The number of thioether (sulfide) groups is 1. The quantitative estimate of drug-likeness (QED) is 0.451. The van der Waals surface area contributed by atoms with E-state index in [4.69, 9.17) is 19.9 Å². The van der Waals surface area contributed by atoms with Crippen LogP contribution in [0.15, 0.2) is 41.4 Å². The maximum Gasteiger partial charge on any atom is 0.289 e. The lowest BCUT2D eigenvalue weighted by Crippen LogP contribution is -2.31. The van der Waals surface area contributed by atoms with E-state index < -0.39 is 22.9 Å². The number of H-pyrrole nitrogens is 1. The molecule has 12 heteroatoms. The van der Waals surface area contributed by atoms with Gasteiger partial charge in [-0.15, -0.1) is 0 Å². The van der Waals surface area contributed by atoms with Crippen molar-refractivity contribution in [1.29, 1.82) is 10.5 Å². The minimum Gasteiger partial charge on any atom is -0.493 e. The van der Waals surface area contributed by atoms with Crippen LogP contribution >= 0.6 is 11.8 Å². The number of anilines is 2. The standard InChI is InChI=1S/C26H20FN5O5S/c1-35-18-8-13(9-19(36-2)23(18)37-3)22-16(11-28)24(30)31-25(17(22)12-29)38-20-10-21(33)32(26(20)34)15-6-4-14(27)5-7-15/h4-9,20H,10H2,1-3H3,(H2,30,31)/p+1/t20-/m1/s1. The molecular formula is C26H21FN5O5S+. The molecule has 10 nitrogen and oxygen atoms in total. The second kappa shape index (κ2) is 10.7. The lowest BCUT2D eigenvalue weighted by molar-refractivity contribution is -0.410. The van der Waals surface area contributed by atoms with Crippen LogP contribution < -0.4 is 29.8 Å². The highest BCUT2D eigenvalue weighted by Gasteiger charge is 2.42. The highest BCUT2D eigenvalue weighted by atomic mass is 32.2. The number of nitriles is 2. The molecule has 0 bridgehead atoms. The third kappa shape index (κ3) is 4.53. The van der Waals surface area contributed by atoms with Crippen molar-refractivity contribution in [3.8, 4) is 40.5 Å². The Morgan fingerprint density at radius 2 is 1.63 bits per heavy atom. The van der Waals surface area contributed by atoms with Crippen molar-refractivity contribution in [2.24, 2.45) is 0 Å².